The molecule has 0 saturated heterocycles. The van der Waals surface area contributed by atoms with Crippen LogP contribution < -0.4 is 11.3 Å². The molecular formula is C18H30N2. The predicted molar refractivity (Wildman–Crippen MR) is 86.4 cm³/mol. The highest BCUT2D eigenvalue weighted by molar-refractivity contribution is 5.30. The van der Waals surface area contributed by atoms with Crippen molar-refractivity contribution >= 4 is 0 Å². The molecule has 0 aromatic heterocycles. The third-order valence-electron chi connectivity index (χ3n) is 5.45. The van der Waals surface area contributed by atoms with Crippen LogP contribution in [-0.4, -0.2) is 6.04 Å². The molecule has 2 rings (SSSR count). The number of aryl methyl sites for hydroxylation is 2. The highest BCUT2D eigenvalue weighted by Crippen LogP contribution is 2.35. The number of hydrogen-bond acceptors (Lipinski definition) is 2. The summed E-state index contributed by atoms with van der Waals surface area (Å²) in [6.07, 6.45) is 5.01. The van der Waals surface area contributed by atoms with Crippen LogP contribution in [0.15, 0.2) is 18.2 Å². The predicted octanol–water partition coefficient (Wildman–Crippen LogP) is 3.75. The van der Waals surface area contributed by atoms with Gasteiger partial charge in [0.05, 0.1) is 0 Å². The van der Waals surface area contributed by atoms with Crippen LogP contribution in [0.1, 0.15) is 49.8 Å². The molecule has 3 N–H and O–H groups in total. The van der Waals surface area contributed by atoms with Crippen LogP contribution >= 0.6 is 0 Å². The Kier molecular flexibility index (Phi) is 5.22. The average Bonchev–Trinajstić information content (AvgIpc) is 2.43. The molecule has 0 radical (unpaired) electrons. The Balaban J connectivity index is 2.03. The Morgan fingerprint density at radius 1 is 1.15 bits per heavy atom. The highest BCUT2D eigenvalue weighted by Gasteiger charge is 2.29. The molecule has 1 saturated carbocycles. The maximum Gasteiger partial charge on any atom is 0.0279 e. The molecule has 20 heavy (non-hydrogen) atoms. The SMILES string of the molecule is Cc1ccc(CC(NN)C2CCC(C)C(C)C2)cc1C. The fourth-order valence-electron chi connectivity index (χ4n) is 3.50. The maximum absolute atomic E-state index is 5.85. The zero-order valence-corrected chi connectivity index (χ0v) is 13.4. The van der Waals surface area contributed by atoms with Crippen molar-refractivity contribution in [3.63, 3.8) is 0 Å². The molecule has 1 fully saturated rings. The maximum atomic E-state index is 5.85. The lowest BCUT2D eigenvalue weighted by atomic mass is 9.72. The van der Waals surface area contributed by atoms with Gasteiger partial charge in [-0.15, -0.1) is 0 Å². The smallest absolute Gasteiger partial charge is 0.0279 e. The minimum atomic E-state index is 0.409. The number of hydrazine groups is 1. The van der Waals surface area contributed by atoms with E-state index in [2.05, 4.69) is 51.3 Å². The normalized spacial score (nSPS) is 28.4. The van der Waals surface area contributed by atoms with E-state index in [0.29, 0.717) is 12.0 Å². The molecule has 0 aliphatic heterocycles. The fraction of sp³-hybridized carbons (Fsp3) is 0.667. The van der Waals surface area contributed by atoms with Crippen LogP contribution in [0.4, 0.5) is 0 Å². The van der Waals surface area contributed by atoms with Crippen LogP contribution in [0, 0.1) is 31.6 Å². The Morgan fingerprint density at radius 2 is 1.90 bits per heavy atom. The van der Waals surface area contributed by atoms with Gasteiger partial charge in [0.2, 0.25) is 0 Å². The van der Waals surface area contributed by atoms with Crippen LogP contribution in [0.25, 0.3) is 0 Å². The van der Waals surface area contributed by atoms with E-state index in [1.807, 2.05) is 0 Å². The van der Waals surface area contributed by atoms with Crippen LogP contribution in [0.3, 0.4) is 0 Å². The Morgan fingerprint density at radius 3 is 2.50 bits per heavy atom. The van der Waals surface area contributed by atoms with Crippen molar-refractivity contribution < 1.29 is 0 Å². The van der Waals surface area contributed by atoms with Crippen LogP contribution in [0.5, 0.6) is 0 Å². The van der Waals surface area contributed by atoms with Crippen molar-refractivity contribution in [3.05, 3.63) is 34.9 Å². The Hall–Kier alpha value is -0.860. The second-order valence-electron chi connectivity index (χ2n) is 6.92. The molecule has 2 nitrogen and oxygen atoms in total. The van der Waals surface area contributed by atoms with Gasteiger partial charge in [0.15, 0.2) is 0 Å². The fourth-order valence-corrected chi connectivity index (χ4v) is 3.50. The molecule has 1 aromatic rings. The molecule has 1 aliphatic rings. The van der Waals surface area contributed by atoms with Crippen LogP contribution in [0.2, 0.25) is 0 Å². The summed E-state index contributed by atoms with van der Waals surface area (Å²) in [4.78, 5) is 0. The summed E-state index contributed by atoms with van der Waals surface area (Å²) in [7, 11) is 0. The number of nitrogens with two attached hydrogens (primary N) is 1. The molecule has 0 heterocycles. The summed E-state index contributed by atoms with van der Waals surface area (Å²) < 4.78 is 0. The Bertz CT molecular complexity index is 441. The molecule has 4 unspecified atom stereocenters. The largest absolute Gasteiger partial charge is 0.271 e. The molecule has 1 aromatic carbocycles. The molecular weight excluding hydrogens is 244 g/mol. The van der Waals surface area contributed by atoms with E-state index < -0.39 is 0 Å². The summed E-state index contributed by atoms with van der Waals surface area (Å²) in [6, 6.07) is 7.20. The third-order valence-corrected chi connectivity index (χ3v) is 5.45. The van der Waals surface area contributed by atoms with Gasteiger partial charge in [-0.05, 0) is 67.6 Å². The minimum absolute atomic E-state index is 0.409. The summed E-state index contributed by atoms with van der Waals surface area (Å²) in [5.41, 5.74) is 7.24. The van der Waals surface area contributed by atoms with Gasteiger partial charge in [-0.3, -0.25) is 11.3 Å². The van der Waals surface area contributed by atoms with Crippen molar-refractivity contribution in [1.82, 2.24) is 5.43 Å². The second kappa shape index (κ2) is 6.73. The highest BCUT2D eigenvalue weighted by atomic mass is 15.2. The van der Waals surface area contributed by atoms with E-state index in [-0.39, 0.29) is 0 Å². The summed E-state index contributed by atoms with van der Waals surface area (Å²) in [6.45, 7) is 9.13. The third kappa shape index (κ3) is 3.62. The lowest BCUT2D eigenvalue weighted by Crippen LogP contribution is -2.44. The van der Waals surface area contributed by atoms with Crippen molar-refractivity contribution in [1.29, 1.82) is 0 Å². The first-order valence-electron chi connectivity index (χ1n) is 8.03. The molecule has 112 valence electrons. The molecule has 0 amide bonds. The standard InChI is InChI=1S/C18H30N2/c1-12-5-7-16(9-14(12)3)11-18(20-19)17-8-6-13(2)15(4)10-17/h5,7,9,13,15,17-18,20H,6,8,10-11,19H2,1-4H3. The summed E-state index contributed by atoms with van der Waals surface area (Å²) >= 11 is 0. The average molecular weight is 274 g/mol. The molecule has 0 spiro atoms. The quantitative estimate of drug-likeness (QED) is 0.648. The first kappa shape index (κ1) is 15.5. The van der Waals surface area contributed by atoms with Crippen molar-refractivity contribution in [2.24, 2.45) is 23.6 Å². The number of hydrogen-bond donors (Lipinski definition) is 2. The van der Waals surface area contributed by atoms with E-state index in [9.17, 15) is 0 Å². The summed E-state index contributed by atoms with van der Waals surface area (Å²) in [5, 5.41) is 0. The molecule has 0 bridgehead atoms. The van der Waals surface area contributed by atoms with Gasteiger partial charge >= 0.3 is 0 Å². The molecule has 1 aliphatic carbocycles. The first-order valence-corrected chi connectivity index (χ1v) is 8.03. The van der Waals surface area contributed by atoms with Gasteiger partial charge in [-0.25, -0.2) is 0 Å². The number of nitrogens with one attached hydrogen (secondary N) is 1. The van der Waals surface area contributed by atoms with E-state index >= 15 is 0 Å². The van der Waals surface area contributed by atoms with E-state index in [0.717, 1.165) is 18.3 Å². The summed E-state index contributed by atoms with van der Waals surface area (Å²) in [5.74, 6) is 8.26. The lowest BCUT2D eigenvalue weighted by Gasteiger charge is -2.36. The second-order valence-corrected chi connectivity index (χ2v) is 6.92. The zero-order chi connectivity index (χ0) is 14.7. The zero-order valence-electron chi connectivity index (χ0n) is 13.4. The lowest BCUT2D eigenvalue weighted by molar-refractivity contribution is 0.170. The van der Waals surface area contributed by atoms with Crippen molar-refractivity contribution in [2.75, 3.05) is 0 Å². The van der Waals surface area contributed by atoms with Gasteiger partial charge in [0.25, 0.3) is 0 Å². The monoisotopic (exact) mass is 274 g/mol. The van der Waals surface area contributed by atoms with E-state index in [1.54, 1.807) is 0 Å². The van der Waals surface area contributed by atoms with Gasteiger partial charge in [-0.2, -0.15) is 0 Å². The van der Waals surface area contributed by atoms with E-state index in [1.165, 1.54) is 36.0 Å². The first-order chi connectivity index (χ1) is 9.51. The number of benzene rings is 1. The topological polar surface area (TPSA) is 38.0 Å². The van der Waals surface area contributed by atoms with Gasteiger partial charge in [-0.1, -0.05) is 38.5 Å². The Labute approximate surface area is 124 Å². The van der Waals surface area contributed by atoms with Gasteiger partial charge in [0.1, 0.15) is 0 Å². The van der Waals surface area contributed by atoms with Gasteiger partial charge < -0.3 is 0 Å². The van der Waals surface area contributed by atoms with Gasteiger partial charge in [0, 0.05) is 6.04 Å². The van der Waals surface area contributed by atoms with E-state index in [4.69, 9.17) is 5.84 Å². The van der Waals surface area contributed by atoms with Crippen molar-refractivity contribution in [2.45, 2.75) is 59.4 Å². The molecule has 4 atom stereocenters. The molecule has 2 heteroatoms. The number of rotatable bonds is 4. The minimum Gasteiger partial charge on any atom is -0.271 e. The van der Waals surface area contributed by atoms with Crippen molar-refractivity contribution in [3.8, 4) is 0 Å². The van der Waals surface area contributed by atoms with Crippen LogP contribution in [-0.2, 0) is 6.42 Å².